The van der Waals surface area contributed by atoms with Crippen molar-refractivity contribution in [3.8, 4) is 0 Å². The third kappa shape index (κ3) is 4.05. The molecule has 18 heavy (non-hydrogen) atoms. The quantitative estimate of drug-likeness (QED) is 0.789. The number of rotatable bonds is 2. The smallest absolute Gasteiger partial charge is 0.407 e. The Morgan fingerprint density at radius 1 is 1.44 bits per heavy atom. The molecule has 0 aliphatic carbocycles. The summed E-state index contributed by atoms with van der Waals surface area (Å²) in [5, 5.41) is 11.3. The Labute approximate surface area is 105 Å². The lowest BCUT2D eigenvalue weighted by molar-refractivity contribution is 0.0492. The lowest BCUT2D eigenvalue weighted by Crippen LogP contribution is -2.44. The van der Waals surface area contributed by atoms with Gasteiger partial charge in [-0.3, -0.25) is 4.39 Å². The molecular formula is C11H19FN2O4. The van der Waals surface area contributed by atoms with Crippen LogP contribution >= 0.6 is 0 Å². The van der Waals surface area contributed by atoms with Crippen LogP contribution in [0, 0.1) is 5.92 Å². The van der Waals surface area contributed by atoms with Gasteiger partial charge in [-0.05, 0) is 20.8 Å². The molecule has 2 atom stereocenters. The predicted octanol–water partition coefficient (Wildman–Crippen LogP) is 1.46. The Hall–Kier alpha value is -1.53. The second kappa shape index (κ2) is 5.41. The van der Waals surface area contributed by atoms with E-state index in [9.17, 15) is 14.0 Å². The van der Waals surface area contributed by atoms with Crippen molar-refractivity contribution in [1.29, 1.82) is 0 Å². The molecule has 1 heterocycles. The molecule has 0 bridgehead atoms. The average molecular weight is 262 g/mol. The molecule has 6 nitrogen and oxygen atoms in total. The van der Waals surface area contributed by atoms with Gasteiger partial charge in [0, 0.05) is 19.0 Å². The van der Waals surface area contributed by atoms with Gasteiger partial charge < -0.3 is 20.1 Å². The number of halogens is 1. The van der Waals surface area contributed by atoms with Crippen molar-refractivity contribution in [2.75, 3.05) is 19.8 Å². The molecule has 0 aromatic rings. The van der Waals surface area contributed by atoms with Gasteiger partial charge in [-0.25, -0.2) is 9.59 Å². The Morgan fingerprint density at radius 3 is 2.50 bits per heavy atom. The molecule has 2 amide bonds. The maximum Gasteiger partial charge on any atom is 0.407 e. The molecule has 1 fully saturated rings. The first-order valence-corrected chi connectivity index (χ1v) is 5.76. The summed E-state index contributed by atoms with van der Waals surface area (Å²) in [5.41, 5.74) is -0.639. The highest BCUT2D eigenvalue weighted by Crippen LogP contribution is 2.18. The van der Waals surface area contributed by atoms with Crippen molar-refractivity contribution in [1.82, 2.24) is 10.2 Å². The Kier molecular flexibility index (Phi) is 4.37. The molecule has 0 spiro atoms. The topological polar surface area (TPSA) is 78.9 Å². The monoisotopic (exact) mass is 262 g/mol. The van der Waals surface area contributed by atoms with E-state index in [0.29, 0.717) is 0 Å². The first-order valence-electron chi connectivity index (χ1n) is 5.76. The predicted molar refractivity (Wildman–Crippen MR) is 62.2 cm³/mol. The fourth-order valence-corrected chi connectivity index (χ4v) is 1.81. The van der Waals surface area contributed by atoms with Crippen molar-refractivity contribution in [3.63, 3.8) is 0 Å². The van der Waals surface area contributed by atoms with Crippen LogP contribution in [0.25, 0.3) is 0 Å². The molecule has 0 aromatic carbocycles. The van der Waals surface area contributed by atoms with Crippen molar-refractivity contribution >= 4 is 12.2 Å². The number of alkyl halides is 1. The van der Waals surface area contributed by atoms with Crippen LogP contribution in [0.3, 0.4) is 0 Å². The van der Waals surface area contributed by atoms with Crippen molar-refractivity contribution < 1.29 is 23.8 Å². The van der Waals surface area contributed by atoms with Gasteiger partial charge in [0.2, 0.25) is 0 Å². The molecule has 7 heteroatoms. The van der Waals surface area contributed by atoms with E-state index < -0.39 is 36.4 Å². The second-order valence-corrected chi connectivity index (χ2v) is 5.35. The highest BCUT2D eigenvalue weighted by Gasteiger charge is 2.36. The van der Waals surface area contributed by atoms with E-state index in [2.05, 4.69) is 5.32 Å². The summed E-state index contributed by atoms with van der Waals surface area (Å²) < 4.78 is 17.8. The Balaban J connectivity index is 2.55. The van der Waals surface area contributed by atoms with Gasteiger partial charge in [0.25, 0.3) is 0 Å². The fraction of sp³-hybridized carbons (Fsp3) is 0.818. The molecule has 1 rings (SSSR count). The van der Waals surface area contributed by atoms with Crippen molar-refractivity contribution in [3.05, 3.63) is 0 Å². The minimum absolute atomic E-state index is 0.0865. The largest absolute Gasteiger partial charge is 0.465 e. The number of nitrogens with zero attached hydrogens (tertiary/aromatic N) is 1. The SMILES string of the molecule is CC(C)(C)OC(=O)N[C@H]1CN(C(=O)O)C[C@@H]1CF. The fourth-order valence-electron chi connectivity index (χ4n) is 1.81. The van der Waals surface area contributed by atoms with Crippen LogP contribution in [0.5, 0.6) is 0 Å². The number of carbonyl (C=O) groups excluding carboxylic acids is 1. The molecule has 1 aliphatic heterocycles. The molecular weight excluding hydrogens is 243 g/mol. The zero-order valence-corrected chi connectivity index (χ0v) is 10.8. The molecule has 0 unspecified atom stereocenters. The van der Waals surface area contributed by atoms with Gasteiger partial charge >= 0.3 is 12.2 Å². The summed E-state index contributed by atoms with van der Waals surface area (Å²) in [6, 6.07) is -0.541. The van der Waals surface area contributed by atoms with Crippen LogP contribution in [0.4, 0.5) is 14.0 Å². The van der Waals surface area contributed by atoms with Gasteiger partial charge in [-0.15, -0.1) is 0 Å². The minimum Gasteiger partial charge on any atom is -0.465 e. The summed E-state index contributed by atoms with van der Waals surface area (Å²) in [4.78, 5) is 23.4. The average Bonchev–Trinajstić information content (AvgIpc) is 2.57. The van der Waals surface area contributed by atoms with Crippen LogP contribution in [-0.2, 0) is 4.74 Å². The van der Waals surface area contributed by atoms with Crippen LogP contribution in [0.1, 0.15) is 20.8 Å². The van der Waals surface area contributed by atoms with Crippen LogP contribution in [-0.4, -0.2) is 53.6 Å². The van der Waals surface area contributed by atoms with Crippen LogP contribution < -0.4 is 5.32 Å². The van der Waals surface area contributed by atoms with Gasteiger partial charge in [0.15, 0.2) is 0 Å². The van der Waals surface area contributed by atoms with Gasteiger partial charge in [0.1, 0.15) is 5.60 Å². The maximum absolute atomic E-state index is 12.8. The van der Waals surface area contributed by atoms with Crippen LogP contribution in [0.15, 0.2) is 0 Å². The summed E-state index contributed by atoms with van der Waals surface area (Å²) in [7, 11) is 0. The molecule has 1 aliphatic rings. The highest BCUT2D eigenvalue weighted by molar-refractivity contribution is 5.69. The Morgan fingerprint density at radius 2 is 2.06 bits per heavy atom. The van der Waals surface area contributed by atoms with E-state index in [1.54, 1.807) is 20.8 Å². The zero-order chi connectivity index (χ0) is 13.9. The molecule has 2 N–H and O–H groups in total. The summed E-state index contributed by atoms with van der Waals surface area (Å²) in [6.45, 7) is 4.66. The van der Waals surface area contributed by atoms with Gasteiger partial charge in [0.05, 0.1) is 12.7 Å². The minimum atomic E-state index is -1.11. The van der Waals surface area contributed by atoms with Crippen molar-refractivity contribution in [2.24, 2.45) is 5.92 Å². The number of carbonyl (C=O) groups is 2. The summed E-state index contributed by atoms with van der Waals surface area (Å²) >= 11 is 0. The lowest BCUT2D eigenvalue weighted by Gasteiger charge is -2.23. The second-order valence-electron chi connectivity index (χ2n) is 5.35. The van der Waals surface area contributed by atoms with Gasteiger partial charge in [-0.1, -0.05) is 0 Å². The first-order chi connectivity index (χ1) is 8.23. The number of likely N-dealkylation sites (tertiary alicyclic amines) is 1. The molecule has 0 saturated carbocycles. The van der Waals surface area contributed by atoms with Gasteiger partial charge in [-0.2, -0.15) is 0 Å². The first kappa shape index (κ1) is 14.5. The number of ether oxygens (including phenoxy) is 1. The summed E-state index contributed by atoms with van der Waals surface area (Å²) in [5.74, 6) is -0.520. The normalized spacial score (nSPS) is 23.9. The number of hydrogen-bond acceptors (Lipinski definition) is 3. The molecule has 0 aromatic heterocycles. The summed E-state index contributed by atoms with van der Waals surface area (Å²) in [6.07, 6.45) is -1.76. The van der Waals surface area contributed by atoms with E-state index >= 15 is 0 Å². The van der Waals surface area contributed by atoms with E-state index in [4.69, 9.17) is 9.84 Å². The van der Waals surface area contributed by atoms with Crippen molar-refractivity contribution in [2.45, 2.75) is 32.4 Å². The standard InChI is InChI=1S/C11H19FN2O4/c1-11(2,3)18-9(15)13-8-6-14(10(16)17)5-7(8)4-12/h7-8H,4-6H2,1-3H3,(H,13,15)(H,16,17)/t7-,8-/m0/s1. The third-order valence-corrected chi connectivity index (χ3v) is 2.61. The van der Waals surface area contributed by atoms with E-state index in [1.807, 2.05) is 0 Å². The van der Waals surface area contributed by atoms with E-state index in [-0.39, 0.29) is 13.1 Å². The lowest BCUT2D eigenvalue weighted by atomic mass is 10.1. The molecule has 104 valence electrons. The molecule has 1 saturated heterocycles. The molecule has 0 radical (unpaired) electrons. The Bertz CT molecular complexity index is 329. The van der Waals surface area contributed by atoms with E-state index in [0.717, 1.165) is 4.90 Å². The number of hydrogen-bond donors (Lipinski definition) is 2. The zero-order valence-electron chi connectivity index (χ0n) is 10.8. The maximum atomic E-state index is 12.8. The number of alkyl carbamates (subject to hydrolysis) is 1. The number of nitrogens with one attached hydrogen (secondary N) is 1. The van der Waals surface area contributed by atoms with Crippen LogP contribution in [0.2, 0.25) is 0 Å². The number of amides is 2. The highest BCUT2D eigenvalue weighted by atomic mass is 19.1. The number of carboxylic acid groups (broad SMARTS) is 1. The van der Waals surface area contributed by atoms with E-state index in [1.165, 1.54) is 0 Å². The third-order valence-electron chi connectivity index (χ3n) is 2.61.